The van der Waals surface area contributed by atoms with Gasteiger partial charge >= 0.3 is 6.18 Å². The molecule has 0 aliphatic heterocycles. The summed E-state index contributed by atoms with van der Waals surface area (Å²) in [5.74, 6) is -1.91. The predicted molar refractivity (Wildman–Crippen MR) is 60.4 cm³/mol. The summed E-state index contributed by atoms with van der Waals surface area (Å²) in [5.41, 5.74) is 0. The van der Waals surface area contributed by atoms with E-state index in [0.717, 1.165) is 26.1 Å². The van der Waals surface area contributed by atoms with Crippen LogP contribution in [0.25, 0.3) is 0 Å². The van der Waals surface area contributed by atoms with Crippen LogP contribution in [0.1, 0.15) is 20.3 Å². The van der Waals surface area contributed by atoms with E-state index in [-0.39, 0.29) is 6.54 Å². The van der Waals surface area contributed by atoms with Crippen molar-refractivity contribution in [3.8, 4) is 6.07 Å². The molecule has 0 fully saturated rings. The summed E-state index contributed by atoms with van der Waals surface area (Å²) in [4.78, 5) is 2.20. The van der Waals surface area contributed by atoms with Crippen molar-refractivity contribution >= 4 is 0 Å². The smallest absolute Gasteiger partial charge is 0.315 e. The minimum atomic E-state index is -4.43. The fourth-order valence-corrected chi connectivity index (χ4v) is 1.45. The third kappa shape index (κ3) is 7.18. The fraction of sp³-hybridized carbons (Fsp3) is 0.909. The molecule has 0 bridgehead atoms. The molecule has 6 heteroatoms. The first-order chi connectivity index (χ1) is 7.95. The van der Waals surface area contributed by atoms with Gasteiger partial charge in [-0.25, -0.2) is 0 Å². The first-order valence-corrected chi connectivity index (χ1v) is 5.85. The summed E-state index contributed by atoms with van der Waals surface area (Å²) in [7, 11) is 0. The second-order valence-corrected chi connectivity index (χ2v) is 3.81. The number of rotatable bonds is 8. The van der Waals surface area contributed by atoms with Crippen LogP contribution in [0.3, 0.4) is 0 Å². The van der Waals surface area contributed by atoms with Gasteiger partial charge in [-0.3, -0.25) is 0 Å². The average molecular weight is 251 g/mol. The van der Waals surface area contributed by atoms with Crippen molar-refractivity contribution in [1.29, 1.82) is 5.26 Å². The molecule has 0 aromatic rings. The van der Waals surface area contributed by atoms with E-state index in [1.165, 1.54) is 6.07 Å². The minimum absolute atomic E-state index is 0.321. The van der Waals surface area contributed by atoms with Gasteiger partial charge in [0.2, 0.25) is 0 Å². The van der Waals surface area contributed by atoms with Crippen molar-refractivity contribution in [1.82, 2.24) is 10.2 Å². The molecule has 0 heterocycles. The quantitative estimate of drug-likeness (QED) is 0.671. The molecule has 1 unspecified atom stereocenters. The van der Waals surface area contributed by atoms with Crippen molar-refractivity contribution in [3.05, 3.63) is 0 Å². The van der Waals surface area contributed by atoms with Gasteiger partial charge in [0.15, 0.2) is 5.92 Å². The van der Waals surface area contributed by atoms with Crippen LogP contribution in [-0.2, 0) is 0 Å². The Bertz CT molecular complexity index is 231. The zero-order chi connectivity index (χ0) is 13.3. The van der Waals surface area contributed by atoms with Crippen LogP contribution in [0.4, 0.5) is 13.2 Å². The molecule has 0 amide bonds. The zero-order valence-corrected chi connectivity index (χ0v) is 10.3. The van der Waals surface area contributed by atoms with Gasteiger partial charge in [-0.2, -0.15) is 18.4 Å². The molecule has 0 aromatic heterocycles. The number of halogens is 3. The third-order valence-electron chi connectivity index (χ3n) is 2.62. The summed E-state index contributed by atoms with van der Waals surface area (Å²) in [5, 5.41) is 11.0. The molecule has 0 aliphatic rings. The average Bonchev–Trinajstić information content (AvgIpc) is 2.26. The Hall–Kier alpha value is -0.800. The van der Waals surface area contributed by atoms with E-state index in [9.17, 15) is 13.2 Å². The summed E-state index contributed by atoms with van der Waals surface area (Å²) >= 11 is 0. The first-order valence-electron chi connectivity index (χ1n) is 5.85. The van der Waals surface area contributed by atoms with Gasteiger partial charge in [-0.15, -0.1) is 0 Å². The van der Waals surface area contributed by atoms with Gasteiger partial charge in [0.05, 0.1) is 6.07 Å². The normalized spacial score (nSPS) is 13.7. The van der Waals surface area contributed by atoms with Crippen LogP contribution in [0.15, 0.2) is 0 Å². The maximum Gasteiger partial charge on any atom is 0.405 e. The summed E-state index contributed by atoms with van der Waals surface area (Å²) in [6.07, 6.45) is -3.64. The van der Waals surface area contributed by atoms with Gasteiger partial charge in [-0.05, 0) is 32.6 Å². The SMILES string of the molecule is CCN(CC)CCCNCC(C#N)C(F)(F)F. The Morgan fingerprint density at radius 1 is 1.29 bits per heavy atom. The van der Waals surface area contributed by atoms with Gasteiger partial charge in [0.25, 0.3) is 0 Å². The molecule has 0 saturated heterocycles. The monoisotopic (exact) mass is 251 g/mol. The zero-order valence-electron chi connectivity index (χ0n) is 10.3. The maximum absolute atomic E-state index is 12.2. The van der Waals surface area contributed by atoms with Crippen molar-refractivity contribution in [2.75, 3.05) is 32.7 Å². The number of nitrogens with zero attached hydrogens (tertiary/aromatic N) is 2. The maximum atomic E-state index is 12.2. The van der Waals surface area contributed by atoms with E-state index >= 15 is 0 Å². The van der Waals surface area contributed by atoms with Crippen molar-refractivity contribution < 1.29 is 13.2 Å². The second kappa shape index (κ2) is 8.31. The van der Waals surface area contributed by atoms with Crippen molar-refractivity contribution in [2.45, 2.75) is 26.4 Å². The van der Waals surface area contributed by atoms with Crippen LogP contribution >= 0.6 is 0 Å². The van der Waals surface area contributed by atoms with Crippen molar-refractivity contribution in [3.63, 3.8) is 0 Å². The predicted octanol–water partition coefficient (Wildman–Crippen LogP) is 2.01. The van der Waals surface area contributed by atoms with E-state index < -0.39 is 12.1 Å². The van der Waals surface area contributed by atoms with Crippen LogP contribution in [0, 0.1) is 17.2 Å². The Labute approximate surface area is 101 Å². The lowest BCUT2D eigenvalue weighted by Crippen LogP contribution is -2.34. The molecule has 0 radical (unpaired) electrons. The Morgan fingerprint density at radius 3 is 2.29 bits per heavy atom. The minimum Gasteiger partial charge on any atom is -0.315 e. The highest BCUT2D eigenvalue weighted by Gasteiger charge is 2.39. The number of hydrogen-bond donors (Lipinski definition) is 1. The van der Waals surface area contributed by atoms with Gasteiger partial charge in [-0.1, -0.05) is 13.8 Å². The van der Waals surface area contributed by atoms with Crippen LogP contribution in [0.2, 0.25) is 0 Å². The second-order valence-electron chi connectivity index (χ2n) is 3.81. The molecule has 17 heavy (non-hydrogen) atoms. The highest BCUT2D eigenvalue weighted by atomic mass is 19.4. The van der Waals surface area contributed by atoms with Crippen LogP contribution < -0.4 is 5.32 Å². The molecule has 0 saturated carbocycles. The first kappa shape index (κ1) is 16.2. The largest absolute Gasteiger partial charge is 0.405 e. The van der Waals surface area contributed by atoms with E-state index in [0.29, 0.717) is 6.54 Å². The Morgan fingerprint density at radius 2 is 1.88 bits per heavy atom. The number of hydrogen-bond acceptors (Lipinski definition) is 3. The molecular weight excluding hydrogens is 231 g/mol. The van der Waals surface area contributed by atoms with Gasteiger partial charge < -0.3 is 10.2 Å². The lowest BCUT2D eigenvalue weighted by molar-refractivity contribution is -0.157. The van der Waals surface area contributed by atoms with Crippen molar-refractivity contribution in [2.24, 2.45) is 5.92 Å². The van der Waals surface area contributed by atoms with E-state index in [2.05, 4.69) is 10.2 Å². The molecule has 0 aromatic carbocycles. The third-order valence-corrected chi connectivity index (χ3v) is 2.62. The molecule has 1 N–H and O–H groups in total. The highest BCUT2D eigenvalue weighted by molar-refractivity contribution is 4.89. The van der Waals surface area contributed by atoms with Gasteiger partial charge in [0, 0.05) is 6.54 Å². The molecule has 100 valence electrons. The van der Waals surface area contributed by atoms with E-state index in [1.807, 2.05) is 13.8 Å². The Balaban J connectivity index is 3.67. The molecule has 0 spiro atoms. The lowest BCUT2D eigenvalue weighted by Gasteiger charge is -2.18. The van der Waals surface area contributed by atoms with E-state index in [1.54, 1.807) is 0 Å². The van der Waals surface area contributed by atoms with E-state index in [4.69, 9.17) is 5.26 Å². The fourth-order valence-electron chi connectivity index (χ4n) is 1.45. The topological polar surface area (TPSA) is 39.1 Å². The van der Waals surface area contributed by atoms with Crippen LogP contribution in [0.5, 0.6) is 0 Å². The molecule has 3 nitrogen and oxygen atoms in total. The molecule has 1 atom stereocenters. The summed E-state index contributed by atoms with van der Waals surface area (Å²) in [6.45, 7) is 7.03. The molecule has 0 aliphatic carbocycles. The van der Waals surface area contributed by atoms with Crippen LogP contribution in [-0.4, -0.2) is 43.8 Å². The summed E-state index contributed by atoms with van der Waals surface area (Å²) < 4.78 is 36.6. The number of nitrogens with one attached hydrogen (secondary N) is 1. The number of nitriles is 1. The molecular formula is C11H20F3N3. The number of alkyl halides is 3. The Kier molecular flexibility index (Phi) is 7.92. The summed E-state index contributed by atoms with van der Waals surface area (Å²) in [6, 6.07) is 1.27. The standard InChI is InChI=1S/C11H20F3N3/c1-3-17(4-2)7-5-6-16-9-10(8-15)11(12,13)14/h10,16H,3-7,9H2,1-2H3. The van der Waals surface area contributed by atoms with Gasteiger partial charge in [0.1, 0.15) is 0 Å². The highest BCUT2D eigenvalue weighted by Crippen LogP contribution is 2.24. The molecule has 0 rings (SSSR count). The lowest BCUT2D eigenvalue weighted by atomic mass is 10.1.